The molecule has 29 heavy (non-hydrogen) atoms. The summed E-state index contributed by atoms with van der Waals surface area (Å²) >= 11 is 0.802. The lowest BCUT2D eigenvalue weighted by Gasteiger charge is -2.07. The van der Waals surface area contributed by atoms with E-state index in [4.69, 9.17) is 0 Å². The largest absolute Gasteiger partial charge is 0.416 e. The first-order valence-electron chi connectivity index (χ1n) is 7.96. The number of anilines is 2. The minimum atomic E-state index is -4.51. The number of carbonyl (C=O) groups excluding carboxylic acids is 1. The molecule has 0 aliphatic rings. The van der Waals surface area contributed by atoms with Crippen LogP contribution in [-0.2, 0) is 21.0 Å². The molecule has 12 heteroatoms. The summed E-state index contributed by atoms with van der Waals surface area (Å²) in [7, 11) is -3.99. The van der Waals surface area contributed by atoms with E-state index in [1.165, 1.54) is 43.3 Å². The van der Waals surface area contributed by atoms with Crippen LogP contribution in [0.1, 0.15) is 12.5 Å². The smallest absolute Gasteiger partial charge is 0.326 e. The van der Waals surface area contributed by atoms with Gasteiger partial charge in [-0.25, -0.2) is 8.42 Å². The number of aromatic nitrogens is 2. The molecule has 152 valence electrons. The number of halogens is 3. The Hall–Kier alpha value is -2.99. The predicted molar refractivity (Wildman–Crippen MR) is 102 cm³/mol. The highest BCUT2D eigenvalue weighted by Gasteiger charge is 2.30. The Bertz CT molecular complexity index is 1140. The minimum absolute atomic E-state index is 0.0811. The summed E-state index contributed by atoms with van der Waals surface area (Å²) in [5.74, 6) is -0.297. The third-order valence-electron chi connectivity index (χ3n) is 3.57. The van der Waals surface area contributed by atoms with E-state index in [0.29, 0.717) is 5.69 Å². The zero-order chi connectivity index (χ0) is 21.2. The van der Waals surface area contributed by atoms with Crippen molar-refractivity contribution < 1.29 is 26.4 Å². The van der Waals surface area contributed by atoms with Gasteiger partial charge in [0, 0.05) is 18.2 Å². The number of alkyl halides is 3. The maximum atomic E-state index is 12.8. The van der Waals surface area contributed by atoms with Crippen molar-refractivity contribution in [2.45, 2.75) is 18.0 Å². The number of rotatable bonds is 5. The molecule has 7 nitrogen and oxygen atoms in total. The summed E-state index contributed by atoms with van der Waals surface area (Å²) in [5.41, 5.74) is -0.242. The average molecular weight is 442 g/mol. The third kappa shape index (κ3) is 5.09. The number of carbonyl (C=O) groups is 1. The fourth-order valence-corrected chi connectivity index (χ4v) is 4.27. The lowest BCUT2D eigenvalue weighted by atomic mass is 10.1. The Labute approximate surface area is 167 Å². The van der Waals surface area contributed by atoms with Gasteiger partial charge in [0.15, 0.2) is 0 Å². The van der Waals surface area contributed by atoms with Crippen LogP contribution < -0.4 is 10.0 Å². The van der Waals surface area contributed by atoms with E-state index < -0.39 is 21.8 Å². The Morgan fingerprint density at radius 1 is 1.07 bits per heavy atom. The van der Waals surface area contributed by atoms with E-state index in [0.717, 1.165) is 23.5 Å². The van der Waals surface area contributed by atoms with Gasteiger partial charge in [-0.15, -0.1) is 10.2 Å². The standard InChI is InChI=1S/C17H13F3N4O3S2/c1-10(25)21-13-5-7-14(8-6-13)29(26,27)24-16-23-22-15(28-16)11-3-2-4-12(9-11)17(18,19)20/h2-9H,1H3,(H,21,25)(H,23,24). The van der Waals surface area contributed by atoms with E-state index in [1.54, 1.807) is 0 Å². The molecule has 0 radical (unpaired) electrons. The van der Waals surface area contributed by atoms with Crippen LogP contribution in [0.15, 0.2) is 53.4 Å². The van der Waals surface area contributed by atoms with Crippen LogP contribution in [0.5, 0.6) is 0 Å². The van der Waals surface area contributed by atoms with E-state index >= 15 is 0 Å². The van der Waals surface area contributed by atoms with Crippen molar-refractivity contribution >= 4 is 38.1 Å². The summed E-state index contributed by atoms with van der Waals surface area (Å²) in [6.45, 7) is 1.32. The topological polar surface area (TPSA) is 101 Å². The lowest BCUT2D eigenvalue weighted by molar-refractivity contribution is -0.137. The molecule has 0 fully saturated rings. The molecule has 0 spiro atoms. The van der Waals surface area contributed by atoms with Gasteiger partial charge in [0.1, 0.15) is 5.01 Å². The summed E-state index contributed by atoms with van der Waals surface area (Å²) < 4.78 is 65.7. The molecule has 1 amide bonds. The SMILES string of the molecule is CC(=O)Nc1ccc(S(=O)(=O)Nc2nnc(-c3cccc(C(F)(F)F)c3)s2)cc1. The molecule has 0 aliphatic heterocycles. The highest BCUT2D eigenvalue weighted by atomic mass is 32.2. The van der Waals surface area contributed by atoms with Gasteiger partial charge in [0.25, 0.3) is 10.0 Å². The monoisotopic (exact) mass is 442 g/mol. The van der Waals surface area contributed by atoms with Crippen molar-refractivity contribution in [1.82, 2.24) is 10.2 Å². The van der Waals surface area contributed by atoms with Crippen molar-refractivity contribution in [2.75, 3.05) is 10.0 Å². The van der Waals surface area contributed by atoms with Crippen LogP contribution in [0.2, 0.25) is 0 Å². The maximum absolute atomic E-state index is 12.8. The Morgan fingerprint density at radius 3 is 2.38 bits per heavy atom. The van der Waals surface area contributed by atoms with Crippen molar-refractivity contribution in [3.8, 4) is 10.6 Å². The quantitative estimate of drug-likeness (QED) is 0.622. The average Bonchev–Trinajstić information content (AvgIpc) is 3.09. The first kappa shape index (κ1) is 20.7. The van der Waals surface area contributed by atoms with Crippen molar-refractivity contribution in [1.29, 1.82) is 0 Å². The Morgan fingerprint density at radius 2 is 1.76 bits per heavy atom. The molecule has 0 bridgehead atoms. The van der Waals surface area contributed by atoms with Gasteiger partial charge in [-0.2, -0.15) is 13.2 Å². The van der Waals surface area contributed by atoms with E-state index in [-0.39, 0.29) is 26.5 Å². The van der Waals surface area contributed by atoms with Gasteiger partial charge in [0.05, 0.1) is 10.5 Å². The first-order chi connectivity index (χ1) is 13.5. The number of benzene rings is 2. The molecule has 2 aromatic carbocycles. The lowest BCUT2D eigenvalue weighted by Crippen LogP contribution is -2.13. The molecule has 3 aromatic rings. The first-order valence-corrected chi connectivity index (χ1v) is 10.3. The molecule has 0 atom stereocenters. The van der Waals surface area contributed by atoms with Crippen LogP contribution in [0.25, 0.3) is 10.6 Å². The molecule has 0 saturated heterocycles. The zero-order valence-corrected chi connectivity index (χ0v) is 16.3. The van der Waals surface area contributed by atoms with Crippen LogP contribution in [0.4, 0.5) is 24.0 Å². The van der Waals surface area contributed by atoms with Gasteiger partial charge in [0.2, 0.25) is 11.0 Å². The molecule has 0 aliphatic carbocycles. The van der Waals surface area contributed by atoms with E-state index in [9.17, 15) is 26.4 Å². The number of nitrogens with one attached hydrogen (secondary N) is 2. The molecular formula is C17H13F3N4O3S2. The third-order valence-corrected chi connectivity index (χ3v) is 5.94. The number of hydrogen-bond acceptors (Lipinski definition) is 6. The van der Waals surface area contributed by atoms with Gasteiger partial charge < -0.3 is 5.32 Å². The fourth-order valence-electron chi connectivity index (χ4n) is 2.30. The molecule has 0 saturated carbocycles. The van der Waals surface area contributed by atoms with Gasteiger partial charge in [-0.1, -0.05) is 23.5 Å². The van der Waals surface area contributed by atoms with Crippen molar-refractivity contribution in [3.05, 3.63) is 54.1 Å². The zero-order valence-electron chi connectivity index (χ0n) is 14.7. The maximum Gasteiger partial charge on any atom is 0.416 e. The number of amides is 1. The fraction of sp³-hybridized carbons (Fsp3) is 0.118. The number of nitrogens with zero attached hydrogens (tertiary/aromatic N) is 2. The number of sulfonamides is 1. The summed E-state index contributed by atoms with van der Waals surface area (Å²) in [6, 6.07) is 9.94. The van der Waals surface area contributed by atoms with Gasteiger partial charge in [-0.3, -0.25) is 9.52 Å². The second-order valence-corrected chi connectivity index (χ2v) is 8.46. The summed E-state index contributed by atoms with van der Waals surface area (Å²) in [6.07, 6.45) is -4.51. The molecule has 1 heterocycles. The molecular weight excluding hydrogens is 429 g/mol. The second kappa shape index (κ2) is 7.79. The highest BCUT2D eigenvalue weighted by molar-refractivity contribution is 7.93. The van der Waals surface area contributed by atoms with Crippen LogP contribution >= 0.6 is 11.3 Å². The highest BCUT2D eigenvalue weighted by Crippen LogP contribution is 2.34. The molecule has 2 N–H and O–H groups in total. The van der Waals surface area contributed by atoms with Gasteiger partial charge in [-0.05, 0) is 36.4 Å². The van der Waals surface area contributed by atoms with Crippen molar-refractivity contribution in [3.63, 3.8) is 0 Å². The van der Waals surface area contributed by atoms with Gasteiger partial charge >= 0.3 is 6.18 Å². The van der Waals surface area contributed by atoms with Crippen LogP contribution in [-0.4, -0.2) is 24.5 Å². The molecule has 0 unspecified atom stereocenters. The van der Waals surface area contributed by atoms with Crippen LogP contribution in [0, 0.1) is 0 Å². The summed E-state index contributed by atoms with van der Waals surface area (Å²) in [5, 5.41) is 10.0. The van der Waals surface area contributed by atoms with E-state index in [2.05, 4.69) is 20.2 Å². The summed E-state index contributed by atoms with van der Waals surface area (Å²) in [4.78, 5) is 10.9. The number of hydrogen-bond donors (Lipinski definition) is 2. The van der Waals surface area contributed by atoms with E-state index in [1.807, 2.05) is 0 Å². The van der Waals surface area contributed by atoms with Crippen molar-refractivity contribution in [2.24, 2.45) is 0 Å². The van der Waals surface area contributed by atoms with Crippen LogP contribution in [0.3, 0.4) is 0 Å². The molecule has 3 rings (SSSR count). The minimum Gasteiger partial charge on any atom is -0.326 e. The Balaban J connectivity index is 1.80. The second-order valence-electron chi connectivity index (χ2n) is 5.80. The Kier molecular flexibility index (Phi) is 5.57. The molecule has 1 aromatic heterocycles. The predicted octanol–water partition coefficient (Wildman–Crippen LogP) is 3.98. The normalized spacial score (nSPS) is 11.9.